The molecule has 1 atom stereocenters. The SMILES string of the molecule is Cc1ccccc1-n1ncc2c1CC(C)(C)C[C@@H]2NS(=O)(=O)c1cn(C)cn1. The zero-order valence-electron chi connectivity index (χ0n) is 16.5. The van der Waals surface area contributed by atoms with Crippen molar-refractivity contribution in [3.8, 4) is 5.69 Å². The summed E-state index contributed by atoms with van der Waals surface area (Å²) in [7, 11) is -1.96. The first-order valence-electron chi connectivity index (χ1n) is 9.29. The Morgan fingerprint density at radius 1 is 1.25 bits per heavy atom. The molecule has 2 heterocycles. The molecule has 1 aliphatic carbocycles. The fourth-order valence-electron chi connectivity index (χ4n) is 3.93. The van der Waals surface area contributed by atoms with Crippen LogP contribution in [0.15, 0.2) is 48.0 Å². The third kappa shape index (κ3) is 3.38. The minimum Gasteiger partial charge on any atom is -0.339 e. The highest BCUT2D eigenvalue weighted by atomic mass is 32.2. The van der Waals surface area contributed by atoms with Gasteiger partial charge in [0.15, 0.2) is 5.03 Å². The van der Waals surface area contributed by atoms with Crippen LogP contribution < -0.4 is 4.72 Å². The van der Waals surface area contributed by atoms with E-state index < -0.39 is 10.0 Å². The smallest absolute Gasteiger partial charge is 0.260 e. The third-order valence-electron chi connectivity index (χ3n) is 5.28. The van der Waals surface area contributed by atoms with E-state index in [9.17, 15) is 8.42 Å². The molecule has 0 radical (unpaired) electrons. The van der Waals surface area contributed by atoms with Gasteiger partial charge in [0.25, 0.3) is 10.0 Å². The lowest BCUT2D eigenvalue weighted by Crippen LogP contribution is -2.37. The van der Waals surface area contributed by atoms with Crippen LogP contribution in [0.1, 0.15) is 43.1 Å². The van der Waals surface area contributed by atoms with Gasteiger partial charge < -0.3 is 4.57 Å². The normalized spacial score (nSPS) is 18.8. The average molecular weight is 400 g/mol. The van der Waals surface area contributed by atoms with Gasteiger partial charge in [-0.2, -0.15) is 5.10 Å². The number of hydrogen-bond donors (Lipinski definition) is 1. The number of imidazole rings is 1. The van der Waals surface area contributed by atoms with E-state index >= 15 is 0 Å². The molecule has 0 unspecified atom stereocenters. The zero-order valence-corrected chi connectivity index (χ0v) is 17.4. The van der Waals surface area contributed by atoms with Crippen LogP contribution in [0.25, 0.3) is 5.69 Å². The summed E-state index contributed by atoms with van der Waals surface area (Å²) in [6.07, 6.45) is 6.32. The monoisotopic (exact) mass is 399 g/mol. The average Bonchev–Trinajstić information content (AvgIpc) is 3.21. The van der Waals surface area contributed by atoms with Gasteiger partial charge in [0.05, 0.1) is 24.3 Å². The molecule has 0 amide bonds. The second-order valence-electron chi connectivity index (χ2n) is 8.34. The van der Waals surface area contributed by atoms with Crippen LogP contribution in [-0.2, 0) is 23.5 Å². The molecule has 0 saturated carbocycles. The predicted molar refractivity (Wildman–Crippen MR) is 107 cm³/mol. The second-order valence-corrected chi connectivity index (χ2v) is 10.0. The first kappa shape index (κ1) is 18.9. The Bertz CT molecular complexity index is 1130. The minimum absolute atomic E-state index is 0.0335. The zero-order chi connectivity index (χ0) is 20.1. The van der Waals surface area contributed by atoms with E-state index in [1.807, 2.05) is 22.9 Å². The highest BCUT2D eigenvalue weighted by Gasteiger charge is 2.37. The first-order valence-corrected chi connectivity index (χ1v) is 10.8. The Labute approximate surface area is 165 Å². The molecule has 0 bridgehead atoms. The van der Waals surface area contributed by atoms with Gasteiger partial charge in [-0.15, -0.1) is 0 Å². The number of sulfonamides is 1. The van der Waals surface area contributed by atoms with Crippen molar-refractivity contribution < 1.29 is 8.42 Å². The van der Waals surface area contributed by atoms with E-state index in [1.165, 1.54) is 12.5 Å². The number of rotatable bonds is 4. The third-order valence-corrected chi connectivity index (χ3v) is 6.63. The highest BCUT2D eigenvalue weighted by molar-refractivity contribution is 7.89. The lowest BCUT2D eigenvalue weighted by Gasteiger charge is -2.35. The van der Waals surface area contributed by atoms with Crippen molar-refractivity contribution in [3.63, 3.8) is 0 Å². The number of fused-ring (bicyclic) bond motifs is 1. The van der Waals surface area contributed by atoms with Crippen molar-refractivity contribution in [2.24, 2.45) is 12.5 Å². The van der Waals surface area contributed by atoms with Crippen molar-refractivity contribution in [3.05, 3.63) is 59.8 Å². The summed E-state index contributed by atoms with van der Waals surface area (Å²) in [5.74, 6) is 0. The van der Waals surface area contributed by atoms with Crippen molar-refractivity contribution >= 4 is 10.0 Å². The van der Waals surface area contributed by atoms with Gasteiger partial charge in [-0.25, -0.2) is 22.8 Å². The van der Waals surface area contributed by atoms with Gasteiger partial charge in [-0.3, -0.25) is 0 Å². The molecule has 1 aromatic carbocycles. The molecule has 0 spiro atoms. The molecule has 7 nitrogen and oxygen atoms in total. The maximum Gasteiger partial charge on any atom is 0.260 e. The van der Waals surface area contributed by atoms with E-state index in [0.29, 0.717) is 6.42 Å². The lowest BCUT2D eigenvalue weighted by molar-refractivity contribution is 0.268. The second kappa shape index (κ2) is 6.56. The summed E-state index contributed by atoms with van der Waals surface area (Å²) in [4.78, 5) is 4.00. The largest absolute Gasteiger partial charge is 0.339 e. The Balaban J connectivity index is 1.75. The molecule has 0 fully saturated rings. The number of benzene rings is 1. The van der Waals surface area contributed by atoms with Gasteiger partial charge in [-0.1, -0.05) is 32.0 Å². The van der Waals surface area contributed by atoms with E-state index in [0.717, 1.165) is 28.9 Å². The maximum atomic E-state index is 12.9. The standard InChI is InChI=1S/C20H25N5O2S/c1-14-7-5-6-8-17(14)25-18-10-20(2,3)9-16(15(18)11-22-25)23-28(26,27)19-12-24(4)13-21-19/h5-8,11-13,16,23H,9-10H2,1-4H3/t16-/m0/s1. The topological polar surface area (TPSA) is 81.8 Å². The van der Waals surface area contributed by atoms with Crippen molar-refractivity contribution in [2.45, 2.75) is 44.7 Å². The molecule has 0 saturated heterocycles. The Morgan fingerprint density at radius 2 is 2.00 bits per heavy atom. The van der Waals surface area contributed by atoms with Crippen LogP contribution in [0.2, 0.25) is 0 Å². The number of aryl methyl sites for hydroxylation is 2. The van der Waals surface area contributed by atoms with Crippen LogP contribution in [0.5, 0.6) is 0 Å². The summed E-state index contributed by atoms with van der Waals surface area (Å²) < 4.78 is 32.1. The molecule has 0 aliphatic heterocycles. The molecule has 148 valence electrons. The molecular formula is C20H25N5O2S. The van der Waals surface area contributed by atoms with Gasteiger partial charge in [-0.05, 0) is 36.8 Å². The number of nitrogens with one attached hydrogen (secondary N) is 1. The van der Waals surface area contributed by atoms with Gasteiger partial charge in [0, 0.05) is 24.5 Å². The molecule has 1 aliphatic rings. The van der Waals surface area contributed by atoms with Crippen LogP contribution >= 0.6 is 0 Å². The van der Waals surface area contributed by atoms with Gasteiger partial charge in [0.1, 0.15) is 0 Å². The molecule has 3 aromatic rings. The van der Waals surface area contributed by atoms with E-state index in [4.69, 9.17) is 0 Å². The fourth-order valence-corrected chi connectivity index (χ4v) is 5.13. The molecule has 4 rings (SSSR count). The summed E-state index contributed by atoms with van der Waals surface area (Å²) in [6, 6.07) is 7.74. The number of aromatic nitrogens is 4. The van der Waals surface area contributed by atoms with E-state index in [1.54, 1.807) is 17.8 Å². The molecule has 8 heteroatoms. The fraction of sp³-hybridized carbons (Fsp3) is 0.400. The Hall–Kier alpha value is -2.45. The van der Waals surface area contributed by atoms with Crippen LogP contribution in [0, 0.1) is 12.3 Å². The molecule has 2 aromatic heterocycles. The summed E-state index contributed by atoms with van der Waals surface area (Å²) >= 11 is 0. The number of hydrogen-bond acceptors (Lipinski definition) is 4. The maximum absolute atomic E-state index is 12.9. The van der Waals surface area contributed by atoms with Gasteiger partial charge >= 0.3 is 0 Å². The summed E-state index contributed by atoms with van der Waals surface area (Å²) in [5.41, 5.74) is 4.07. The summed E-state index contributed by atoms with van der Waals surface area (Å²) in [5, 5.41) is 4.65. The predicted octanol–water partition coefficient (Wildman–Crippen LogP) is 2.91. The first-order chi connectivity index (χ1) is 13.2. The number of nitrogens with zero attached hydrogens (tertiary/aromatic N) is 4. The Morgan fingerprint density at radius 3 is 2.68 bits per heavy atom. The molecule has 1 N–H and O–H groups in total. The van der Waals surface area contributed by atoms with Crippen molar-refractivity contribution in [1.29, 1.82) is 0 Å². The number of para-hydroxylation sites is 1. The van der Waals surface area contributed by atoms with Crippen molar-refractivity contribution in [2.75, 3.05) is 0 Å². The van der Waals surface area contributed by atoms with E-state index in [2.05, 4.69) is 41.6 Å². The summed E-state index contributed by atoms with van der Waals surface area (Å²) in [6.45, 7) is 6.37. The quantitative estimate of drug-likeness (QED) is 0.731. The Kier molecular flexibility index (Phi) is 4.43. The lowest BCUT2D eigenvalue weighted by atomic mass is 9.74. The molecular weight excluding hydrogens is 374 g/mol. The molecule has 28 heavy (non-hydrogen) atoms. The highest BCUT2D eigenvalue weighted by Crippen LogP contribution is 2.42. The van der Waals surface area contributed by atoms with Gasteiger partial charge in [0.2, 0.25) is 0 Å². The van der Waals surface area contributed by atoms with Crippen LogP contribution in [-0.4, -0.2) is 27.7 Å². The van der Waals surface area contributed by atoms with E-state index in [-0.39, 0.29) is 16.5 Å². The van der Waals surface area contributed by atoms with Crippen molar-refractivity contribution in [1.82, 2.24) is 24.1 Å². The minimum atomic E-state index is -3.71. The van der Waals surface area contributed by atoms with Crippen LogP contribution in [0.4, 0.5) is 0 Å². The van der Waals surface area contributed by atoms with Crippen LogP contribution in [0.3, 0.4) is 0 Å².